The van der Waals surface area contributed by atoms with E-state index >= 15 is 0 Å². The fourth-order valence-corrected chi connectivity index (χ4v) is 3.44. The lowest BCUT2D eigenvalue weighted by atomic mass is 9.90. The molecule has 1 aliphatic rings. The van der Waals surface area contributed by atoms with Gasteiger partial charge in [-0.1, -0.05) is 76.7 Å². The second kappa shape index (κ2) is 12.2. The molecule has 1 rings (SSSR count). The zero-order valence-electron chi connectivity index (χ0n) is 13.9. The predicted molar refractivity (Wildman–Crippen MR) is 92.0 cm³/mol. The van der Waals surface area contributed by atoms with Gasteiger partial charge in [-0.3, -0.25) is 0 Å². The third kappa shape index (κ3) is 7.92. The van der Waals surface area contributed by atoms with Gasteiger partial charge in [0.1, 0.15) is 0 Å². The quantitative estimate of drug-likeness (QED) is 0.280. The third-order valence-corrected chi connectivity index (χ3v) is 4.68. The summed E-state index contributed by atoms with van der Waals surface area (Å²) in [6.45, 7) is 4.50. The van der Waals surface area contributed by atoms with Crippen LogP contribution < -0.4 is 0 Å². The molecule has 0 bridgehead atoms. The van der Waals surface area contributed by atoms with Crippen LogP contribution in [0.5, 0.6) is 0 Å². The van der Waals surface area contributed by atoms with Gasteiger partial charge < -0.3 is 0 Å². The molecule has 0 N–H and O–H groups in total. The van der Waals surface area contributed by atoms with Gasteiger partial charge >= 0.3 is 0 Å². The topological polar surface area (TPSA) is 0 Å². The fourth-order valence-electron chi connectivity index (χ4n) is 3.44. The minimum absolute atomic E-state index is 0.899. The van der Waals surface area contributed by atoms with Gasteiger partial charge in [0.05, 0.1) is 0 Å². The first-order valence-corrected chi connectivity index (χ1v) is 9.20. The first-order chi connectivity index (χ1) is 9.88. The highest BCUT2D eigenvalue weighted by atomic mass is 14.3. The van der Waals surface area contributed by atoms with Crippen molar-refractivity contribution >= 4 is 0 Å². The molecule has 1 aliphatic carbocycles. The van der Waals surface area contributed by atoms with E-state index in [-0.39, 0.29) is 0 Å². The van der Waals surface area contributed by atoms with E-state index < -0.39 is 0 Å². The zero-order valence-corrected chi connectivity index (χ0v) is 13.9. The van der Waals surface area contributed by atoms with E-state index in [0.29, 0.717) is 0 Å². The number of allylic oxidation sites excluding steroid dienone is 4. The van der Waals surface area contributed by atoms with Crippen molar-refractivity contribution in [2.75, 3.05) is 0 Å². The number of unbranched alkanes of at least 4 members (excludes halogenated alkanes) is 5. The van der Waals surface area contributed by atoms with E-state index in [1.165, 1.54) is 77.0 Å². The molecule has 0 heteroatoms. The van der Waals surface area contributed by atoms with Crippen LogP contribution in [0, 0.1) is 11.8 Å². The maximum absolute atomic E-state index is 2.55. The Labute approximate surface area is 127 Å². The van der Waals surface area contributed by atoms with Crippen molar-refractivity contribution in [3.63, 3.8) is 0 Å². The average Bonchev–Trinajstić information content (AvgIpc) is 2.90. The SMILES string of the molecule is CC/C=C/CC/C=C/[C@H]1CCC[C@@H]1CCCCCCC. The lowest BCUT2D eigenvalue weighted by Gasteiger charge is -2.16. The highest BCUT2D eigenvalue weighted by Crippen LogP contribution is 2.36. The van der Waals surface area contributed by atoms with Gasteiger partial charge in [-0.05, 0) is 50.4 Å². The summed E-state index contributed by atoms with van der Waals surface area (Å²) in [6.07, 6.45) is 26.3. The van der Waals surface area contributed by atoms with Crippen molar-refractivity contribution in [2.45, 2.75) is 90.9 Å². The average molecular weight is 277 g/mol. The Morgan fingerprint density at radius 1 is 0.850 bits per heavy atom. The summed E-state index contributed by atoms with van der Waals surface area (Å²) in [5.74, 6) is 1.90. The minimum atomic E-state index is 0.899. The molecule has 0 aromatic carbocycles. The Kier molecular flexibility index (Phi) is 10.7. The van der Waals surface area contributed by atoms with E-state index in [0.717, 1.165) is 11.8 Å². The van der Waals surface area contributed by atoms with Gasteiger partial charge in [0.2, 0.25) is 0 Å². The second-order valence-electron chi connectivity index (χ2n) is 6.44. The van der Waals surface area contributed by atoms with Crippen LogP contribution in [0.1, 0.15) is 90.9 Å². The molecule has 1 fully saturated rings. The van der Waals surface area contributed by atoms with E-state index in [2.05, 4.69) is 38.2 Å². The number of rotatable bonds is 11. The third-order valence-electron chi connectivity index (χ3n) is 4.68. The van der Waals surface area contributed by atoms with E-state index in [1.54, 1.807) is 0 Å². The maximum Gasteiger partial charge on any atom is -0.0205 e. The second-order valence-corrected chi connectivity index (χ2v) is 6.44. The van der Waals surface area contributed by atoms with Crippen LogP contribution in [-0.4, -0.2) is 0 Å². The molecule has 0 aromatic heterocycles. The summed E-state index contributed by atoms with van der Waals surface area (Å²) >= 11 is 0. The van der Waals surface area contributed by atoms with Gasteiger partial charge in [0, 0.05) is 0 Å². The molecule has 0 aliphatic heterocycles. The van der Waals surface area contributed by atoms with E-state index in [1.807, 2.05) is 0 Å². The summed E-state index contributed by atoms with van der Waals surface area (Å²) < 4.78 is 0. The molecule has 2 atom stereocenters. The zero-order chi connectivity index (χ0) is 14.5. The van der Waals surface area contributed by atoms with E-state index in [9.17, 15) is 0 Å². The molecular weight excluding hydrogens is 240 g/mol. The Bertz CT molecular complexity index is 261. The van der Waals surface area contributed by atoms with Gasteiger partial charge in [-0.15, -0.1) is 0 Å². The Morgan fingerprint density at radius 2 is 1.65 bits per heavy atom. The number of hydrogen-bond donors (Lipinski definition) is 0. The van der Waals surface area contributed by atoms with Crippen LogP contribution in [-0.2, 0) is 0 Å². The molecule has 0 radical (unpaired) electrons. The van der Waals surface area contributed by atoms with Gasteiger partial charge in [-0.2, -0.15) is 0 Å². The summed E-state index contributed by atoms with van der Waals surface area (Å²) in [5, 5.41) is 0. The molecular formula is C20H36. The maximum atomic E-state index is 2.55. The Hall–Kier alpha value is -0.520. The molecule has 0 amide bonds. The standard InChI is InChI=1S/C20H36/c1-3-5-7-9-11-13-16-20-18-14-17-19(20)15-12-10-8-6-4-2/h5,7,13,16,19-20H,3-4,6,8-12,14-15,17-18H2,1-2H3/b7-5+,16-13+/t19-,20-/m0/s1. The minimum Gasteiger partial charge on any atom is -0.0888 e. The molecule has 0 aromatic rings. The largest absolute Gasteiger partial charge is 0.0888 e. The van der Waals surface area contributed by atoms with Gasteiger partial charge in [0.25, 0.3) is 0 Å². The smallest absolute Gasteiger partial charge is 0.0205 e. The molecule has 116 valence electrons. The predicted octanol–water partition coefficient (Wildman–Crippen LogP) is 7.07. The first-order valence-electron chi connectivity index (χ1n) is 9.20. The highest BCUT2D eigenvalue weighted by molar-refractivity contribution is 4.96. The summed E-state index contributed by atoms with van der Waals surface area (Å²) in [7, 11) is 0. The molecule has 0 nitrogen and oxygen atoms in total. The summed E-state index contributed by atoms with van der Waals surface area (Å²) in [6, 6.07) is 0. The van der Waals surface area contributed by atoms with Crippen molar-refractivity contribution in [3.05, 3.63) is 24.3 Å². The van der Waals surface area contributed by atoms with Crippen LogP contribution >= 0.6 is 0 Å². The van der Waals surface area contributed by atoms with Crippen LogP contribution in [0.3, 0.4) is 0 Å². The molecule has 20 heavy (non-hydrogen) atoms. The Balaban J connectivity index is 2.13. The van der Waals surface area contributed by atoms with Crippen LogP contribution in [0.15, 0.2) is 24.3 Å². The first kappa shape index (κ1) is 17.5. The molecule has 1 saturated carbocycles. The monoisotopic (exact) mass is 276 g/mol. The lowest BCUT2D eigenvalue weighted by molar-refractivity contribution is 0.402. The Morgan fingerprint density at radius 3 is 2.45 bits per heavy atom. The van der Waals surface area contributed by atoms with Crippen LogP contribution in [0.4, 0.5) is 0 Å². The summed E-state index contributed by atoms with van der Waals surface area (Å²) in [5.41, 5.74) is 0. The molecule has 0 spiro atoms. The van der Waals surface area contributed by atoms with Crippen molar-refractivity contribution in [2.24, 2.45) is 11.8 Å². The van der Waals surface area contributed by atoms with Crippen molar-refractivity contribution < 1.29 is 0 Å². The van der Waals surface area contributed by atoms with Crippen molar-refractivity contribution in [1.82, 2.24) is 0 Å². The highest BCUT2D eigenvalue weighted by Gasteiger charge is 2.24. The van der Waals surface area contributed by atoms with Gasteiger partial charge in [0.15, 0.2) is 0 Å². The van der Waals surface area contributed by atoms with Gasteiger partial charge in [-0.25, -0.2) is 0 Å². The van der Waals surface area contributed by atoms with Crippen molar-refractivity contribution in [1.29, 1.82) is 0 Å². The lowest BCUT2D eigenvalue weighted by Crippen LogP contribution is -2.05. The normalized spacial score (nSPS) is 23.3. The molecule has 0 heterocycles. The molecule has 0 unspecified atom stereocenters. The van der Waals surface area contributed by atoms with Crippen LogP contribution in [0.25, 0.3) is 0 Å². The van der Waals surface area contributed by atoms with E-state index in [4.69, 9.17) is 0 Å². The number of hydrogen-bond acceptors (Lipinski definition) is 0. The summed E-state index contributed by atoms with van der Waals surface area (Å²) in [4.78, 5) is 0. The van der Waals surface area contributed by atoms with Crippen molar-refractivity contribution in [3.8, 4) is 0 Å². The van der Waals surface area contributed by atoms with Crippen LogP contribution in [0.2, 0.25) is 0 Å². The molecule has 0 saturated heterocycles. The fraction of sp³-hybridized carbons (Fsp3) is 0.800.